The number of fused-ring (bicyclic) bond motifs is 1. The lowest BCUT2D eigenvalue weighted by molar-refractivity contribution is 0.0958. The maximum Gasteiger partial charge on any atom is 0.269 e. The first-order valence-electron chi connectivity index (χ1n) is 9.67. The molecular formula is C22H23N7O2. The molecule has 1 aromatic carbocycles. The van der Waals surface area contributed by atoms with Crippen LogP contribution in [0.15, 0.2) is 54.9 Å². The van der Waals surface area contributed by atoms with E-state index in [1.54, 1.807) is 25.4 Å². The summed E-state index contributed by atoms with van der Waals surface area (Å²) in [5, 5.41) is 5.85. The molecule has 0 saturated carbocycles. The molecule has 4 aromatic rings. The molecule has 1 amide bonds. The van der Waals surface area contributed by atoms with Gasteiger partial charge in [-0.1, -0.05) is 0 Å². The van der Waals surface area contributed by atoms with Gasteiger partial charge in [0.2, 0.25) is 5.95 Å². The fourth-order valence-electron chi connectivity index (χ4n) is 3.07. The van der Waals surface area contributed by atoms with Gasteiger partial charge in [-0.3, -0.25) is 9.78 Å². The number of rotatable bonds is 6. The topological polar surface area (TPSA) is 97.2 Å². The van der Waals surface area contributed by atoms with Crippen molar-refractivity contribution in [1.29, 1.82) is 0 Å². The van der Waals surface area contributed by atoms with Crippen molar-refractivity contribution in [2.75, 3.05) is 31.4 Å². The standard InChI is InChI=1S/C22H23N7O2/c1-23-21(30)18-12-16(9-10-24-18)31-15-6-7-19-17(11-15)27-22(29(19)4)26-14-5-8-20(25-13-14)28(2)3/h5-13H,1-4H3,(H,23,30)(H,26,27). The highest BCUT2D eigenvalue weighted by atomic mass is 16.5. The molecule has 0 unspecified atom stereocenters. The van der Waals surface area contributed by atoms with Crippen LogP contribution in [0.4, 0.5) is 17.5 Å². The molecule has 0 atom stereocenters. The zero-order chi connectivity index (χ0) is 22.0. The summed E-state index contributed by atoms with van der Waals surface area (Å²) in [7, 11) is 7.40. The van der Waals surface area contributed by atoms with Gasteiger partial charge in [0, 0.05) is 46.5 Å². The van der Waals surface area contributed by atoms with Crippen LogP contribution in [0.2, 0.25) is 0 Å². The number of ether oxygens (including phenoxy) is 1. The van der Waals surface area contributed by atoms with E-state index in [0.717, 1.165) is 22.5 Å². The second kappa shape index (κ2) is 8.31. The Bertz CT molecular complexity index is 1230. The van der Waals surface area contributed by atoms with E-state index in [1.807, 2.05) is 60.9 Å². The fourth-order valence-corrected chi connectivity index (χ4v) is 3.07. The number of anilines is 3. The first-order chi connectivity index (χ1) is 14.9. The maximum absolute atomic E-state index is 11.8. The lowest BCUT2D eigenvalue weighted by Crippen LogP contribution is -2.18. The Hall–Kier alpha value is -4.14. The maximum atomic E-state index is 11.8. The van der Waals surface area contributed by atoms with Gasteiger partial charge in [0.25, 0.3) is 5.91 Å². The molecule has 9 nitrogen and oxygen atoms in total. The van der Waals surface area contributed by atoms with E-state index >= 15 is 0 Å². The molecule has 0 spiro atoms. The van der Waals surface area contributed by atoms with Crippen LogP contribution in [0.5, 0.6) is 11.5 Å². The van der Waals surface area contributed by atoms with Gasteiger partial charge < -0.3 is 24.8 Å². The predicted octanol–water partition coefficient (Wildman–Crippen LogP) is 3.32. The molecule has 2 N–H and O–H groups in total. The minimum Gasteiger partial charge on any atom is -0.457 e. The van der Waals surface area contributed by atoms with E-state index in [1.165, 1.54) is 6.20 Å². The number of carbonyl (C=O) groups excluding carboxylic acids is 1. The molecule has 9 heteroatoms. The number of nitrogens with one attached hydrogen (secondary N) is 2. The van der Waals surface area contributed by atoms with Crippen LogP contribution in [-0.4, -0.2) is 46.6 Å². The average molecular weight is 417 g/mol. The van der Waals surface area contributed by atoms with Crippen LogP contribution in [-0.2, 0) is 7.05 Å². The predicted molar refractivity (Wildman–Crippen MR) is 120 cm³/mol. The summed E-state index contributed by atoms with van der Waals surface area (Å²) in [6.45, 7) is 0. The van der Waals surface area contributed by atoms with Gasteiger partial charge in [-0.15, -0.1) is 0 Å². The number of hydrogen-bond donors (Lipinski definition) is 2. The van der Waals surface area contributed by atoms with E-state index in [4.69, 9.17) is 4.74 Å². The smallest absolute Gasteiger partial charge is 0.269 e. The Labute approximate surface area is 179 Å². The number of nitrogens with zero attached hydrogens (tertiary/aromatic N) is 5. The number of aryl methyl sites for hydroxylation is 1. The molecule has 0 fully saturated rings. The molecule has 158 valence electrons. The minimum atomic E-state index is -0.269. The Balaban J connectivity index is 1.57. The highest BCUT2D eigenvalue weighted by molar-refractivity contribution is 5.92. The lowest BCUT2D eigenvalue weighted by Gasteiger charge is -2.12. The van der Waals surface area contributed by atoms with Crippen LogP contribution in [0.25, 0.3) is 11.0 Å². The number of imidazole rings is 1. The van der Waals surface area contributed by atoms with Gasteiger partial charge in [-0.2, -0.15) is 0 Å². The molecule has 0 aliphatic carbocycles. The highest BCUT2D eigenvalue weighted by Gasteiger charge is 2.11. The largest absolute Gasteiger partial charge is 0.457 e. The van der Waals surface area contributed by atoms with Crippen molar-refractivity contribution in [1.82, 2.24) is 24.8 Å². The second-order valence-corrected chi connectivity index (χ2v) is 7.13. The van der Waals surface area contributed by atoms with Crippen LogP contribution < -0.4 is 20.3 Å². The fraction of sp³-hybridized carbons (Fsp3) is 0.182. The molecule has 0 aliphatic rings. The molecule has 0 aliphatic heterocycles. The van der Waals surface area contributed by atoms with Crippen molar-refractivity contribution in [3.63, 3.8) is 0 Å². The van der Waals surface area contributed by atoms with Crippen molar-refractivity contribution in [2.24, 2.45) is 7.05 Å². The van der Waals surface area contributed by atoms with Crippen molar-refractivity contribution < 1.29 is 9.53 Å². The zero-order valence-corrected chi connectivity index (χ0v) is 17.7. The normalized spacial score (nSPS) is 10.7. The van der Waals surface area contributed by atoms with Crippen LogP contribution in [0.3, 0.4) is 0 Å². The summed E-state index contributed by atoms with van der Waals surface area (Å²) in [6, 6.07) is 12.9. The van der Waals surface area contributed by atoms with E-state index in [-0.39, 0.29) is 5.91 Å². The lowest BCUT2D eigenvalue weighted by atomic mass is 10.3. The Kier molecular flexibility index (Phi) is 5.40. The summed E-state index contributed by atoms with van der Waals surface area (Å²) in [5.74, 6) is 2.44. The first kappa shape index (κ1) is 20.1. The van der Waals surface area contributed by atoms with Crippen molar-refractivity contribution in [3.8, 4) is 11.5 Å². The SMILES string of the molecule is CNC(=O)c1cc(Oc2ccc3c(c2)nc(Nc2ccc(N(C)C)nc2)n3C)ccn1. The number of pyridine rings is 2. The van der Waals surface area contributed by atoms with E-state index in [0.29, 0.717) is 23.1 Å². The Morgan fingerprint density at radius 3 is 2.58 bits per heavy atom. The molecular weight excluding hydrogens is 394 g/mol. The third-order valence-corrected chi connectivity index (χ3v) is 4.74. The van der Waals surface area contributed by atoms with E-state index in [9.17, 15) is 4.79 Å². The quantitative estimate of drug-likeness (QED) is 0.497. The Morgan fingerprint density at radius 2 is 1.87 bits per heavy atom. The molecule has 0 radical (unpaired) electrons. The van der Waals surface area contributed by atoms with Gasteiger partial charge >= 0.3 is 0 Å². The van der Waals surface area contributed by atoms with Crippen LogP contribution in [0, 0.1) is 0 Å². The Morgan fingerprint density at radius 1 is 1.06 bits per heavy atom. The molecule has 3 heterocycles. The average Bonchev–Trinajstić information content (AvgIpc) is 3.08. The van der Waals surface area contributed by atoms with Gasteiger partial charge in [-0.05, 0) is 30.3 Å². The van der Waals surface area contributed by atoms with E-state index < -0.39 is 0 Å². The molecule has 4 rings (SSSR count). The molecule has 0 saturated heterocycles. The number of aromatic nitrogens is 4. The van der Waals surface area contributed by atoms with E-state index in [2.05, 4.69) is 25.6 Å². The number of carbonyl (C=O) groups is 1. The number of hydrogen-bond acceptors (Lipinski definition) is 7. The summed E-state index contributed by atoms with van der Waals surface area (Å²) >= 11 is 0. The van der Waals surface area contributed by atoms with Gasteiger partial charge in [0.1, 0.15) is 23.0 Å². The van der Waals surface area contributed by atoms with Gasteiger partial charge in [0.05, 0.1) is 22.9 Å². The summed E-state index contributed by atoms with van der Waals surface area (Å²) in [6.07, 6.45) is 3.31. The first-order valence-corrected chi connectivity index (χ1v) is 9.67. The minimum absolute atomic E-state index is 0.269. The summed E-state index contributed by atoms with van der Waals surface area (Å²) in [4.78, 5) is 26.9. The summed E-state index contributed by atoms with van der Waals surface area (Å²) < 4.78 is 7.89. The monoisotopic (exact) mass is 417 g/mol. The summed E-state index contributed by atoms with van der Waals surface area (Å²) in [5.41, 5.74) is 2.87. The number of benzene rings is 1. The zero-order valence-electron chi connectivity index (χ0n) is 17.7. The van der Waals surface area contributed by atoms with Crippen molar-refractivity contribution in [3.05, 3.63) is 60.6 Å². The third kappa shape index (κ3) is 4.25. The number of amides is 1. The van der Waals surface area contributed by atoms with Crippen LogP contribution in [0.1, 0.15) is 10.5 Å². The highest BCUT2D eigenvalue weighted by Crippen LogP contribution is 2.28. The second-order valence-electron chi connectivity index (χ2n) is 7.13. The van der Waals surface area contributed by atoms with Gasteiger partial charge in [0.15, 0.2) is 0 Å². The third-order valence-electron chi connectivity index (χ3n) is 4.74. The van der Waals surface area contributed by atoms with Gasteiger partial charge in [-0.25, -0.2) is 9.97 Å². The molecule has 31 heavy (non-hydrogen) atoms. The molecule has 0 bridgehead atoms. The molecule has 3 aromatic heterocycles. The van der Waals surface area contributed by atoms with Crippen LogP contribution >= 0.6 is 0 Å². The van der Waals surface area contributed by atoms with Crippen molar-refractivity contribution >= 4 is 34.4 Å². The van der Waals surface area contributed by atoms with Crippen molar-refractivity contribution in [2.45, 2.75) is 0 Å².